The van der Waals surface area contributed by atoms with E-state index in [-0.39, 0.29) is 6.04 Å². The molecule has 1 N–H and O–H groups in total. The van der Waals surface area contributed by atoms with Crippen molar-refractivity contribution in [3.8, 4) is 0 Å². The molecule has 4 rings (SSSR count). The van der Waals surface area contributed by atoms with E-state index < -0.39 is 0 Å². The molecule has 1 unspecified atom stereocenters. The molecule has 0 bridgehead atoms. The van der Waals surface area contributed by atoms with E-state index in [1.54, 1.807) is 22.7 Å². The number of aryl methyl sites for hydroxylation is 2. The van der Waals surface area contributed by atoms with Crippen molar-refractivity contribution < 1.29 is 0 Å². The van der Waals surface area contributed by atoms with Gasteiger partial charge in [0.25, 0.3) is 0 Å². The minimum absolute atomic E-state index is 0.279. The van der Waals surface area contributed by atoms with Crippen LogP contribution in [0.3, 0.4) is 0 Å². The Morgan fingerprint density at radius 1 is 1.27 bits per heavy atom. The first-order valence-electron chi connectivity index (χ1n) is 7.67. The molecule has 1 atom stereocenters. The third kappa shape index (κ3) is 2.61. The standard InChI is InChI=1S/C16H18N4S2/c1-3-12-18-14(11-6-7-21-15(11)19-12)20-13(10-4-5-10)16-17-9(2)8-22-16/h6-8,10,13H,3-5H2,1-2H3,(H,18,19,20). The Morgan fingerprint density at radius 2 is 2.14 bits per heavy atom. The van der Waals surface area contributed by atoms with Crippen molar-refractivity contribution in [1.82, 2.24) is 15.0 Å². The summed E-state index contributed by atoms with van der Waals surface area (Å²) in [6.07, 6.45) is 3.40. The average molecular weight is 330 g/mol. The molecular weight excluding hydrogens is 312 g/mol. The molecular formula is C16H18N4S2. The Kier molecular flexibility index (Phi) is 3.58. The summed E-state index contributed by atoms with van der Waals surface area (Å²) in [5, 5.41) is 10.2. The van der Waals surface area contributed by atoms with Crippen LogP contribution in [0.15, 0.2) is 16.8 Å². The molecule has 4 nitrogen and oxygen atoms in total. The Morgan fingerprint density at radius 3 is 2.82 bits per heavy atom. The lowest BCUT2D eigenvalue weighted by Crippen LogP contribution is -2.14. The van der Waals surface area contributed by atoms with Crippen LogP contribution in [-0.2, 0) is 6.42 Å². The van der Waals surface area contributed by atoms with Crippen LogP contribution < -0.4 is 5.32 Å². The van der Waals surface area contributed by atoms with Gasteiger partial charge < -0.3 is 5.32 Å². The van der Waals surface area contributed by atoms with Gasteiger partial charge in [0.15, 0.2) is 0 Å². The fourth-order valence-electron chi connectivity index (χ4n) is 2.64. The number of aromatic nitrogens is 3. The normalized spacial score (nSPS) is 16.1. The van der Waals surface area contributed by atoms with Gasteiger partial charge in [0.2, 0.25) is 0 Å². The van der Waals surface area contributed by atoms with Crippen molar-refractivity contribution in [3.05, 3.63) is 33.4 Å². The number of rotatable bonds is 5. The van der Waals surface area contributed by atoms with Gasteiger partial charge in [-0.1, -0.05) is 6.92 Å². The van der Waals surface area contributed by atoms with Crippen molar-refractivity contribution in [2.24, 2.45) is 5.92 Å². The van der Waals surface area contributed by atoms with Crippen LogP contribution in [0.5, 0.6) is 0 Å². The summed E-state index contributed by atoms with van der Waals surface area (Å²) in [5.41, 5.74) is 1.10. The van der Waals surface area contributed by atoms with Crippen LogP contribution in [-0.4, -0.2) is 15.0 Å². The van der Waals surface area contributed by atoms with Crippen molar-refractivity contribution >= 4 is 38.7 Å². The largest absolute Gasteiger partial charge is 0.360 e. The van der Waals surface area contributed by atoms with E-state index >= 15 is 0 Å². The monoisotopic (exact) mass is 330 g/mol. The van der Waals surface area contributed by atoms with Gasteiger partial charge in [-0.2, -0.15) is 0 Å². The van der Waals surface area contributed by atoms with E-state index in [1.165, 1.54) is 17.8 Å². The summed E-state index contributed by atoms with van der Waals surface area (Å²) >= 11 is 3.43. The van der Waals surface area contributed by atoms with E-state index in [4.69, 9.17) is 9.97 Å². The lowest BCUT2D eigenvalue weighted by molar-refractivity contribution is 0.669. The predicted molar refractivity (Wildman–Crippen MR) is 92.7 cm³/mol. The molecule has 0 aliphatic heterocycles. The van der Waals surface area contributed by atoms with Crippen LogP contribution in [0, 0.1) is 12.8 Å². The van der Waals surface area contributed by atoms with Gasteiger partial charge in [-0.3, -0.25) is 0 Å². The number of fused-ring (bicyclic) bond motifs is 1. The smallest absolute Gasteiger partial charge is 0.139 e. The zero-order valence-electron chi connectivity index (χ0n) is 12.7. The molecule has 1 saturated carbocycles. The molecule has 3 aromatic heterocycles. The summed E-state index contributed by atoms with van der Waals surface area (Å²) < 4.78 is 0. The molecule has 0 spiro atoms. The first-order valence-corrected chi connectivity index (χ1v) is 9.43. The van der Waals surface area contributed by atoms with Crippen molar-refractivity contribution in [1.29, 1.82) is 0 Å². The quantitative estimate of drug-likeness (QED) is 0.744. The maximum absolute atomic E-state index is 4.74. The van der Waals surface area contributed by atoms with E-state index in [2.05, 4.69) is 41.0 Å². The molecule has 1 aliphatic carbocycles. The highest BCUT2D eigenvalue weighted by Crippen LogP contribution is 2.44. The highest BCUT2D eigenvalue weighted by molar-refractivity contribution is 7.16. The number of hydrogen-bond donors (Lipinski definition) is 1. The van der Waals surface area contributed by atoms with E-state index in [9.17, 15) is 0 Å². The highest BCUT2D eigenvalue weighted by Gasteiger charge is 2.34. The fraction of sp³-hybridized carbons (Fsp3) is 0.438. The second kappa shape index (κ2) is 5.59. The molecule has 114 valence electrons. The van der Waals surface area contributed by atoms with Gasteiger partial charge >= 0.3 is 0 Å². The van der Waals surface area contributed by atoms with Crippen LogP contribution in [0.4, 0.5) is 5.82 Å². The molecule has 0 amide bonds. The zero-order chi connectivity index (χ0) is 15.1. The number of thiazole rings is 1. The topological polar surface area (TPSA) is 50.7 Å². The second-order valence-electron chi connectivity index (χ2n) is 5.77. The van der Waals surface area contributed by atoms with Gasteiger partial charge in [0.05, 0.1) is 11.4 Å². The predicted octanol–water partition coefficient (Wildman–Crippen LogP) is 4.58. The third-order valence-electron chi connectivity index (χ3n) is 3.98. The van der Waals surface area contributed by atoms with Crippen LogP contribution in [0.2, 0.25) is 0 Å². The van der Waals surface area contributed by atoms with Gasteiger partial charge in [-0.15, -0.1) is 22.7 Å². The fourth-order valence-corrected chi connectivity index (χ4v) is 4.36. The third-order valence-corrected chi connectivity index (χ3v) is 5.83. The Hall–Kier alpha value is -1.53. The number of hydrogen-bond acceptors (Lipinski definition) is 6. The van der Waals surface area contributed by atoms with Gasteiger partial charge in [0.1, 0.15) is 21.5 Å². The maximum atomic E-state index is 4.74. The van der Waals surface area contributed by atoms with Crippen LogP contribution >= 0.6 is 22.7 Å². The van der Waals surface area contributed by atoms with E-state index in [1.807, 2.05) is 0 Å². The van der Waals surface area contributed by atoms with Crippen molar-refractivity contribution in [2.75, 3.05) is 5.32 Å². The van der Waals surface area contributed by atoms with Crippen LogP contribution in [0.25, 0.3) is 10.2 Å². The second-order valence-corrected chi connectivity index (χ2v) is 7.55. The lowest BCUT2D eigenvalue weighted by Gasteiger charge is -2.17. The number of anilines is 1. The molecule has 6 heteroatoms. The summed E-state index contributed by atoms with van der Waals surface area (Å²) in [4.78, 5) is 15.1. The minimum Gasteiger partial charge on any atom is -0.360 e. The Labute approximate surface area is 137 Å². The first-order chi connectivity index (χ1) is 10.7. The number of nitrogens with zero attached hydrogens (tertiary/aromatic N) is 3. The van der Waals surface area contributed by atoms with E-state index in [0.717, 1.165) is 34.0 Å². The number of thiophene rings is 1. The molecule has 1 aliphatic rings. The Balaban J connectivity index is 1.73. The maximum Gasteiger partial charge on any atom is 0.139 e. The summed E-state index contributed by atoms with van der Waals surface area (Å²) in [7, 11) is 0. The van der Waals surface area contributed by atoms with Gasteiger partial charge in [-0.05, 0) is 37.1 Å². The Bertz CT molecular complexity index is 803. The summed E-state index contributed by atoms with van der Waals surface area (Å²) in [6, 6.07) is 2.39. The highest BCUT2D eigenvalue weighted by atomic mass is 32.1. The average Bonchev–Trinajstić information content (AvgIpc) is 3.08. The van der Waals surface area contributed by atoms with Crippen molar-refractivity contribution in [3.63, 3.8) is 0 Å². The minimum atomic E-state index is 0.279. The molecule has 3 aromatic rings. The van der Waals surface area contributed by atoms with Crippen LogP contribution in [0.1, 0.15) is 42.3 Å². The SMILES string of the molecule is CCc1nc(NC(c2nc(C)cs2)C2CC2)c2ccsc2n1. The summed E-state index contributed by atoms with van der Waals surface area (Å²) in [6.45, 7) is 4.15. The number of nitrogens with one attached hydrogen (secondary N) is 1. The van der Waals surface area contributed by atoms with Gasteiger partial charge in [0, 0.05) is 17.5 Å². The lowest BCUT2D eigenvalue weighted by atomic mass is 10.2. The molecule has 0 aromatic carbocycles. The van der Waals surface area contributed by atoms with Crippen molar-refractivity contribution in [2.45, 2.75) is 39.2 Å². The first kappa shape index (κ1) is 14.1. The van der Waals surface area contributed by atoms with Gasteiger partial charge in [-0.25, -0.2) is 15.0 Å². The molecule has 0 radical (unpaired) electrons. The molecule has 0 saturated heterocycles. The van der Waals surface area contributed by atoms with E-state index in [0.29, 0.717) is 5.92 Å². The molecule has 3 heterocycles. The summed E-state index contributed by atoms with van der Waals surface area (Å²) in [5.74, 6) is 2.55. The zero-order valence-corrected chi connectivity index (χ0v) is 14.3. The molecule has 22 heavy (non-hydrogen) atoms. The molecule has 1 fully saturated rings.